The summed E-state index contributed by atoms with van der Waals surface area (Å²) in [5.41, 5.74) is 0. The SMILES string of the molecule is CCCCC/C=C\C/C=C\CCCCCCCC(=O)OC(C(=O)C(CCCCCC/C=C\CCCCCCCC)C(=O)CCCCCCCCCCCCCCC)C(O)COC(=O)CCCCCCCCCCCCCCCCC. The van der Waals surface area contributed by atoms with E-state index in [2.05, 4.69) is 64.2 Å². The van der Waals surface area contributed by atoms with E-state index in [-0.39, 0.29) is 18.6 Å². The maximum atomic E-state index is 14.6. The number of carbonyl (C=O) groups excluding carboxylic acids is 4. The lowest BCUT2D eigenvalue weighted by Crippen LogP contribution is -2.46. The fourth-order valence-corrected chi connectivity index (χ4v) is 11.0. The lowest BCUT2D eigenvalue weighted by atomic mass is 9.86. The highest BCUT2D eigenvalue weighted by atomic mass is 16.6. The van der Waals surface area contributed by atoms with E-state index in [0.29, 0.717) is 32.1 Å². The van der Waals surface area contributed by atoms with Crippen LogP contribution in [0.2, 0.25) is 0 Å². The zero-order chi connectivity index (χ0) is 58.3. The number of esters is 2. The van der Waals surface area contributed by atoms with Crippen molar-refractivity contribution in [2.75, 3.05) is 6.61 Å². The molecule has 0 aromatic carbocycles. The number of aliphatic hydroxyl groups is 1. The maximum Gasteiger partial charge on any atom is 0.306 e. The monoisotopic (exact) mass is 1120 g/mol. The number of Topliss-reactive ketones (excluding diaryl/α,β-unsaturated/α-hetero) is 2. The molecule has 0 amide bonds. The van der Waals surface area contributed by atoms with Gasteiger partial charge in [0, 0.05) is 19.3 Å². The second-order valence-electron chi connectivity index (χ2n) is 24.3. The summed E-state index contributed by atoms with van der Waals surface area (Å²) in [6.07, 6.45) is 71.4. The summed E-state index contributed by atoms with van der Waals surface area (Å²) < 4.78 is 11.5. The first kappa shape index (κ1) is 77.5. The topological polar surface area (TPSA) is 107 Å². The van der Waals surface area contributed by atoms with E-state index in [1.165, 1.54) is 199 Å². The number of allylic oxidation sites excluding steroid dienone is 6. The molecule has 0 saturated carbocycles. The van der Waals surface area contributed by atoms with Crippen molar-refractivity contribution in [2.24, 2.45) is 5.92 Å². The summed E-state index contributed by atoms with van der Waals surface area (Å²) in [7, 11) is 0. The Labute approximate surface area is 497 Å². The molecular weight excluding hydrogens is 989 g/mol. The second-order valence-corrected chi connectivity index (χ2v) is 24.3. The average molecular weight is 1120 g/mol. The van der Waals surface area contributed by atoms with Crippen molar-refractivity contribution in [1.29, 1.82) is 0 Å². The van der Waals surface area contributed by atoms with Crippen molar-refractivity contribution in [3.63, 3.8) is 0 Å². The van der Waals surface area contributed by atoms with Crippen molar-refractivity contribution >= 4 is 23.5 Å². The summed E-state index contributed by atoms with van der Waals surface area (Å²) in [4.78, 5) is 55.2. The van der Waals surface area contributed by atoms with Crippen LogP contribution < -0.4 is 0 Å². The predicted molar refractivity (Wildman–Crippen MR) is 344 cm³/mol. The van der Waals surface area contributed by atoms with Crippen LogP contribution in [0.1, 0.15) is 381 Å². The molecule has 7 heteroatoms. The smallest absolute Gasteiger partial charge is 0.306 e. The summed E-state index contributed by atoms with van der Waals surface area (Å²) in [6.45, 7) is 8.58. The molecular formula is C73H134O7. The lowest BCUT2D eigenvalue weighted by molar-refractivity contribution is -0.169. The Balaban J connectivity index is 5.51. The van der Waals surface area contributed by atoms with Crippen LogP contribution in [-0.2, 0) is 28.7 Å². The first-order valence-electron chi connectivity index (χ1n) is 35.4. The summed E-state index contributed by atoms with van der Waals surface area (Å²) in [6, 6.07) is 0. The average Bonchev–Trinajstić information content (AvgIpc) is 3.45. The Morgan fingerprint density at radius 1 is 0.338 bits per heavy atom. The maximum absolute atomic E-state index is 14.6. The van der Waals surface area contributed by atoms with Gasteiger partial charge in [-0.1, -0.05) is 315 Å². The first-order chi connectivity index (χ1) is 39.3. The number of aliphatic hydroxyl groups excluding tert-OH is 1. The number of hydrogen-bond acceptors (Lipinski definition) is 7. The van der Waals surface area contributed by atoms with Crippen LogP contribution in [0.5, 0.6) is 0 Å². The van der Waals surface area contributed by atoms with Crippen LogP contribution in [0.25, 0.3) is 0 Å². The minimum absolute atomic E-state index is 0.122. The Morgan fingerprint density at radius 2 is 0.625 bits per heavy atom. The predicted octanol–water partition coefficient (Wildman–Crippen LogP) is 22.8. The van der Waals surface area contributed by atoms with Gasteiger partial charge < -0.3 is 14.6 Å². The van der Waals surface area contributed by atoms with Gasteiger partial charge in [0.05, 0.1) is 5.92 Å². The highest BCUT2D eigenvalue weighted by Crippen LogP contribution is 2.24. The van der Waals surface area contributed by atoms with E-state index in [0.717, 1.165) is 109 Å². The van der Waals surface area contributed by atoms with E-state index < -0.39 is 42.5 Å². The van der Waals surface area contributed by atoms with E-state index in [4.69, 9.17) is 9.47 Å². The fourth-order valence-electron chi connectivity index (χ4n) is 11.0. The second kappa shape index (κ2) is 64.0. The van der Waals surface area contributed by atoms with Gasteiger partial charge in [0.25, 0.3) is 0 Å². The van der Waals surface area contributed by atoms with E-state index in [1.54, 1.807) is 0 Å². The minimum Gasteiger partial charge on any atom is -0.463 e. The molecule has 0 heterocycles. The van der Waals surface area contributed by atoms with Gasteiger partial charge in [0.1, 0.15) is 18.5 Å². The van der Waals surface area contributed by atoms with Crippen LogP contribution in [0.15, 0.2) is 36.5 Å². The van der Waals surface area contributed by atoms with Crippen LogP contribution in [0.4, 0.5) is 0 Å². The highest BCUT2D eigenvalue weighted by Gasteiger charge is 2.38. The van der Waals surface area contributed by atoms with Crippen molar-refractivity contribution in [1.82, 2.24) is 0 Å². The molecule has 0 aliphatic rings. The number of carbonyl (C=O) groups is 4. The molecule has 7 nitrogen and oxygen atoms in total. The number of ketones is 2. The van der Waals surface area contributed by atoms with Gasteiger partial charge in [-0.05, 0) is 83.5 Å². The van der Waals surface area contributed by atoms with Gasteiger partial charge in [-0.2, -0.15) is 0 Å². The van der Waals surface area contributed by atoms with E-state index >= 15 is 0 Å². The summed E-state index contributed by atoms with van der Waals surface area (Å²) >= 11 is 0. The van der Waals surface area contributed by atoms with Gasteiger partial charge in [-0.25, -0.2) is 0 Å². The van der Waals surface area contributed by atoms with Crippen LogP contribution in [0, 0.1) is 5.92 Å². The first-order valence-corrected chi connectivity index (χ1v) is 35.4. The van der Waals surface area contributed by atoms with Crippen molar-refractivity contribution < 1.29 is 33.8 Å². The molecule has 0 aromatic rings. The summed E-state index contributed by atoms with van der Waals surface area (Å²) in [5.74, 6) is -2.61. The largest absolute Gasteiger partial charge is 0.463 e. The molecule has 0 saturated heterocycles. The molecule has 80 heavy (non-hydrogen) atoms. The highest BCUT2D eigenvalue weighted by molar-refractivity contribution is 6.05. The number of unbranched alkanes of at least 4 members (excludes halogenated alkanes) is 44. The number of ether oxygens (including phenoxy) is 2. The zero-order valence-electron chi connectivity index (χ0n) is 53.7. The van der Waals surface area contributed by atoms with Crippen molar-refractivity contribution in [2.45, 2.75) is 393 Å². The van der Waals surface area contributed by atoms with E-state index in [9.17, 15) is 24.3 Å². The lowest BCUT2D eigenvalue weighted by Gasteiger charge is -2.26. The number of rotatable bonds is 65. The normalized spacial score (nSPS) is 13.0. The molecule has 0 aromatic heterocycles. The Kier molecular flexibility index (Phi) is 62.0. The Morgan fingerprint density at radius 3 is 1.01 bits per heavy atom. The molecule has 1 N–H and O–H groups in total. The third-order valence-corrected chi connectivity index (χ3v) is 16.4. The van der Waals surface area contributed by atoms with Gasteiger partial charge in [-0.15, -0.1) is 0 Å². The third-order valence-electron chi connectivity index (χ3n) is 16.4. The molecule has 0 bridgehead atoms. The fraction of sp³-hybridized carbons (Fsp3) is 0.863. The zero-order valence-corrected chi connectivity index (χ0v) is 53.7. The van der Waals surface area contributed by atoms with Gasteiger partial charge in [-0.3, -0.25) is 19.2 Å². The summed E-state index contributed by atoms with van der Waals surface area (Å²) in [5, 5.41) is 11.6. The van der Waals surface area contributed by atoms with Gasteiger partial charge >= 0.3 is 11.9 Å². The van der Waals surface area contributed by atoms with Crippen LogP contribution >= 0.6 is 0 Å². The van der Waals surface area contributed by atoms with Crippen molar-refractivity contribution in [3.05, 3.63) is 36.5 Å². The Bertz CT molecular complexity index is 1430. The molecule has 0 radical (unpaired) electrons. The molecule has 0 rings (SSSR count). The molecule has 0 aliphatic heterocycles. The van der Waals surface area contributed by atoms with Crippen LogP contribution in [-0.4, -0.2) is 47.4 Å². The van der Waals surface area contributed by atoms with Gasteiger partial charge in [0.15, 0.2) is 11.9 Å². The molecule has 468 valence electrons. The third kappa shape index (κ3) is 54.7. The molecule has 0 fully saturated rings. The minimum atomic E-state index is -1.56. The van der Waals surface area contributed by atoms with Crippen LogP contribution in [0.3, 0.4) is 0 Å². The molecule has 0 aliphatic carbocycles. The quantitative estimate of drug-likeness (QED) is 0.0280. The molecule has 3 unspecified atom stereocenters. The molecule has 0 spiro atoms. The van der Waals surface area contributed by atoms with Crippen molar-refractivity contribution in [3.8, 4) is 0 Å². The molecule has 3 atom stereocenters. The Hall–Kier alpha value is -2.54. The van der Waals surface area contributed by atoms with E-state index in [1.807, 2.05) is 0 Å². The standard InChI is InChI=1S/C73H134O7/c1-5-9-13-17-21-25-29-33-36-40-44-48-52-56-60-64-70(76)79-66-69(75)73(80-71(77)65-61-57-53-49-45-41-37-34-30-26-22-18-14-10-6-2)72(78)67(62-58-54-50-46-42-39-35-31-27-23-19-15-11-7-3)68(74)63-59-55-51-47-43-38-32-28-24-20-16-12-8-4/h22,26,34-35,37,39,67,69,73,75H,5-21,23-25,27-33,36,38,40-66H2,1-4H3/b26-22-,37-34-,39-35-. The van der Waals surface area contributed by atoms with Gasteiger partial charge in [0.2, 0.25) is 0 Å². The number of hydrogen-bond donors (Lipinski definition) is 1.